The van der Waals surface area contributed by atoms with Gasteiger partial charge in [-0.2, -0.15) is 5.10 Å². The van der Waals surface area contributed by atoms with E-state index in [1.807, 2.05) is 49.4 Å². The summed E-state index contributed by atoms with van der Waals surface area (Å²) in [4.78, 5) is 25.9. The molecule has 1 aromatic heterocycles. The van der Waals surface area contributed by atoms with Crippen molar-refractivity contribution in [3.8, 4) is 11.5 Å². The Bertz CT molecular complexity index is 1180. The Morgan fingerprint density at radius 2 is 1.68 bits per heavy atom. The number of ether oxygens (including phenoxy) is 2. The number of aromatic nitrogens is 2. The van der Waals surface area contributed by atoms with E-state index in [1.54, 1.807) is 10.7 Å². The molecule has 7 nitrogen and oxygen atoms in total. The molecule has 3 aromatic rings. The highest BCUT2D eigenvalue weighted by Crippen LogP contribution is 2.33. The van der Waals surface area contributed by atoms with Gasteiger partial charge in [-0.15, -0.1) is 0 Å². The Morgan fingerprint density at radius 3 is 2.42 bits per heavy atom. The van der Waals surface area contributed by atoms with Gasteiger partial charge in [-0.05, 0) is 38.0 Å². The molecule has 160 valence electrons. The summed E-state index contributed by atoms with van der Waals surface area (Å²) >= 11 is 0. The van der Waals surface area contributed by atoms with Gasteiger partial charge in [0.05, 0.1) is 23.7 Å². The molecule has 1 N–H and O–H groups in total. The molecule has 2 atom stereocenters. The summed E-state index contributed by atoms with van der Waals surface area (Å²) in [6, 6.07) is 14.9. The van der Waals surface area contributed by atoms with Crippen molar-refractivity contribution in [3.63, 3.8) is 0 Å². The lowest BCUT2D eigenvalue weighted by atomic mass is 10.1. The molecular formula is C24H25N3O4. The van der Waals surface area contributed by atoms with E-state index in [2.05, 4.69) is 10.4 Å². The van der Waals surface area contributed by atoms with Crippen LogP contribution in [-0.4, -0.2) is 27.9 Å². The van der Waals surface area contributed by atoms with Crippen molar-refractivity contribution in [2.75, 3.05) is 0 Å². The first-order chi connectivity index (χ1) is 15.1. The minimum Gasteiger partial charge on any atom is -0.482 e. The molecular weight excluding hydrogens is 394 g/mol. The summed E-state index contributed by atoms with van der Waals surface area (Å²) < 4.78 is 13.4. The van der Waals surface area contributed by atoms with Crippen molar-refractivity contribution >= 4 is 16.7 Å². The first-order valence-electron chi connectivity index (χ1n) is 10.8. The maximum Gasteiger partial charge on any atom is 0.274 e. The lowest BCUT2D eigenvalue weighted by Crippen LogP contribution is -2.49. The number of carbonyl (C=O) groups is 1. The third-order valence-corrected chi connectivity index (χ3v) is 6.11. The standard InChI is InChI=1S/C24H25N3O4/c1-15-22(31-21-13-7-6-12-20(21)30-15)23(28)25-14-19-17-10-4-5-11-18(17)24(29)27(26-19)16-8-2-3-9-16/h4-7,10-13,15-16,22H,2-3,8-9,14H2,1H3,(H,25,28). The zero-order chi connectivity index (χ0) is 21.4. The van der Waals surface area contributed by atoms with Gasteiger partial charge in [0.1, 0.15) is 6.10 Å². The second kappa shape index (κ2) is 8.06. The van der Waals surface area contributed by atoms with Gasteiger partial charge < -0.3 is 14.8 Å². The zero-order valence-electron chi connectivity index (χ0n) is 17.4. The van der Waals surface area contributed by atoms with E-state index in [0.29, 0.717) is 22.6 Å². The van der Waals surface area contributed by atoms with Crippen LogP contribution in [0.5, 0.6) is 11.5 Å². The van der Waals surface area contributed by atoms with Crippen LogP contribution in [0.2, 0.25) is 0 Å². The van der Waals surface area contributed by atoms with Gasteiger partial charge in [-0.25, -0.2) is 4.68 Å². The smallest absolute Gasteiger partial charge is 0.274 e. The average Bonchev–Trinajstić information content (AvgIpc) is 3.33. The monoisotopic (exact) mass is 419 g/mol. The van der Waals surface area contributed by atoms with Gasteiger partial charge in [0.15, 0.2) is 11.5 Å². The summed E-state index contributed by atoms with van der Waals surface area (Å²) in [5, 5.41) is 9.01. The Balaban J connectivity index is 1.40. The Kier molecular flexibility index (Phi) is 5.10. The predicted molar refractivity (Wildman–Crippen MR) is 116 cm³/mol. The number of nitrogens with one attached hydrogen (secondary N) is 1. The number of carbonyl (C=O) groups excluding carboxylic acids is 1. The normalized spacial score (nSPS) is 20.7. The van der Waals surface area contributed by atoms with Crippen molar-refractivity contribution < 1.29 is 14.3 Å². The third kappa shape index (κ3) is 3.65. The second-order valence-corrected chi connectivity index (χ2v) is 8.21. The van der Waals surface area contributed by atoms with Gasteiger partial charge in [-0.3, -0.25) is 9.59 Å². The molecule has 31 heavy (non-hydrogen) atoms. The Hall–Kier alpha value is -3.35. The lowest BCUT2D eigenvalue weighted by Gasteiger charge is -2.31. The molecule has 1 aliphatic carbocycles. The average molecular weight is 419 g/mol. The van der Waals surface area contributed by atoms with Crippen molar-refractivity contribution in [3.05, 3.63) is 64.6 Å². The molecule has 7 heteroatoms. The Labute approximate surface area is 180 Å². The van der Waals surface area contributed by atoms with Gasteiger partial charge in [0, 0.05) is 5.39 Å². The lowest BCUT2D eigenvalue weighted by molar-refractivity contribution is -0.133. The first kappa shape index (κ1) is 19.6. The predicted octanol–water partition coefficient (Wildman–Crippen LogP) is 3.36. The van der Waals surface area contributed by atoms with Crippen LogP contribution in [0.25, 0.3) is 10.8 Å². The van der Waals surface area contributed by atoms with Crippen LogP contribution >= 0.6 is 0 Å². The molecule has 1 amide bonds. The molecule has 1 aliphatic heterocycles. The molecule has 0 radical (unpaired) electrons. The number of benzene rings is 2. The number of fused-ring (bicyclic) bond motifs is 2. The van der Waals surface area contributed by atoms with Crippen molar-refractivity contribution in [1.82, 2.24) is 15.1 Å². The van der Waals surface area contributed by atoms with Gasteiger partial charge in [0.2, 0.25) is 6.10 Å². The molecule has 0 spiro atoms. The minimum atomic E-state index is -0.762. The van der Waals surface area contributed by atoms with Crippen LogP contribution in [0.3, 0.4) is 0 Å². The van der Waals surface area contributed by atoms with Crippen LogP contribution in [0.1, 0.15) is 44.3 Å². The number of hydrogen-bond donors (Lipinski definition) is 1. The number of para-hydroxylation sites is 2. The minimum absolute atomic E-state index is 0.0631. The molecule has 0 bridgehead atoms. The van der Waals surface area contributed by atoms with E-state index in [9.17, 15) is 9.59 Å². The quantitative estimate of drug-likeness (QED) is 0.701. The molecule has 2 aliphatic rings. The van der Waals surface area contributed by atoms with Crippen LogP contribution in [0.15, 0.2) is 53.3 Å². The van der Waals surface area contributed by atoms with Crippen molar-refractivity contribution in [2.45, 2.75) is 57.4 Å². The number of hydrogen-bond acceptors (Lipinski definition) is 5. The largest absolute Gasteiger partial charge is 0.482 e. The van der Waals surface area contributed by atoms with Crippen LogP contribution in [0, 0.1) is 0 Å². The van der Waals surface area contributed by atoms with E-state index >= 15 is 0 Å². The Morgan fingerprint density at radius 1 is 1.03 bits per heavy atom. The van der Waals surface area contributed by atoms with E-state index in [0.717, 1.165) is 31.1 Å². The van der Waals surface area contributed by atoms with E-state index in [-0.39, 0.29) is 24.1 Å². The third-order valence-electron chi connectivity index (χ3n) is 6.11. The van der Waals surface area contributed by atoms with Crippen LogP contribution < -0.4 is 20.3 Å². The molecule has 2 aromatic carbocycles. The fourth-order valence-electron chi connectivity index (χ4n) is 4.48. The topological polar surface area (TPSA) is 82.4 Å². The van der Waals surface area contributed by atoms with Gasteiger partial charge in [-0.1, -0.05) is 43.2 Å². The molecule has 1 fully saturated rings. The number of amides is 1. The molecule has 5 rings (SSSR count). The molecule has 2 unspecified atom stereocenters. The number of rotatable bonds is 4. The highest BCUT2D eigenvalue weighted by atomic mass is 16.6. The van der Waals surface area contributed by atoms with Crippen LogP contribution in [0.4, 0.5) is 0 Å². The van der Waals surface area contributed by atoms with Crippen molar-refractivity contribution in [1.29, 1.82) is 0 Å². The van der Waals surface area contributed by atoms with Crippen LogP contribution in [-0.2, 0) is 11.3 Å². The van der Waals surface area contributed by atoms with Gasteiger partial charge in [0.25, 0.3) is 11.5 Å². The summed E-state index contributed by atoms with van der Waals surface area (Å²) in [5.41, 5.74) is 0.618. The maximum atomic E-state index is 13.0. The number of nitrogens with zero attached hydrogens (tertiary/aromatic N) is 2. The highest BCUT2D eigenvalue weighted by Gasteiger charge is 2.34. The van der Waals surface area contributed by atoms with Crippen molar-refractivity contribution in [2.24, 2.45) is 0 Å². The summed E-state index contributed by atoms with van der Waals surface area (Å²) in [6.07, 6.45) is 2.95. The summed E-state index contributed by atoms with van der Waals surface area (Å²) in [6.45, 7) is 2.02. The highest BCUT2D eigenvalue weighted by molar-refractivity contribution is 5.85. The van der Waals surface area contributed by atoms with E-state index < -0.39 is 12.2 Å². The summed E-state index contributed by atoms with van der Waals surface area (Å²) in [5.74, 6) is 0.918. The fourth-order valence-corrected chi connectivity index (χ4v) is 4.48. The summed E-state index contributed by atoms with van der Waals surface area (Å²) in [7, 11) is 0. The van der Waals surface area contributed by atoms with E-state index in [4.69, 9.17) is 9.47 Å². The van der Waals surface area contributed by atoms with Gasteiger partial charge >= 0.3 is 0 Å². The van der Waals surface area contributed by atoms with E-state index in [1.165, 1.54) is 0 Å². The SMILES string of the molecule is CC1Oc2ccccc2OC1C(=O)NCc1nn(C2CCCC2)c(=O)c2ccccc12. The fraction of sp³-hybridized carbons (Fsp3) is 0.375. The zero-order valence-corrected chi connectivity index (χ0v) is 17.4. The molecule has 0 saturated heterocycles. The second-order valence-electron chi connectivity index (χ2n) is 8.21. The molecule has 1 saturated carbocycles. The maximum absolute atomic E-state index is 13.0. The molecule has 2 heterocycles. The first-order valence-corrected chi connectivity index (χ1v) is 10.8.